The molecule has 3 rings (SSSR count). The molecule has 0 aliphatic carbocycles. The lowest BCUT2D eigenvalue weighted by atomic mass is 10.1. The molecule has 0 atom stereocenters. The summed E-state index contributed by atoms with van der Waals surface area (Å²) >= 11 is 0. The summed E-state index contributed by atoms with van der Waals surface area (Å²) in [6.45, 7) is 2.44. The third-order valence-electron chi connectivity index (χ3n) is 3.38. The van der Waals surface area contributed by atoms with Gasteiger partial charge in [0, 0.05) is 22.0 Å². The number of aromatic nitrogens is 1. The van der Waals surface area contributed by atoms with Gasteiger partial charge in [-0.2, -0.15) is 0 Å². The minimum absolute atomic E-state index is 0.364. The minimum atomic E-state index is -0.364. The molecule has 0 aliphatic rings. The van der Waals surface area contributed by atoms with E-state index >= 15 is 0 Å². The molecule has 1 heterocycles. The van der Waals surface area contributed by atoms with Crippen molar-refractivity contribution in [3.63, 3.8) is 0 Å². The van der Waals surface area contributed by atoms with Crippen molar-refractivity contribution in [2.45, 2.75) is 6.92 Å². The van der Waals surface area contributed by atoms with Crippen molar-refractivity contribution < 1.29 is 13.9 Å². The molecule has 3 aromatic rings. The molecular weight excluding hydrogens is 269 g/mol. The first kappa shape index (κ1) is 13.4. The number of fused-ring (bicyclic) bond motifs is 1. The number of halogens is 1. The third kappa shape index (κ3) is 2.29. The van der Waals surface area contributed by atoms with Crippen molar-refractivity contribution in [1.82, 2.24) is 4.98 Å². The molecular formula is C17H14FNO2. The SMILES string of the molecule is CCOc1ccc2[nH]c(-c3ccccc3F)c(C=O)c2c1. The first-order valence-corrected chi connectivity index (χ1v) is 6.73. The predicted molar refractivity (Wildman–Crippen MR) is 80.2 cm³/mol. The lowest BCUT2D eigenvalue weighted by molar-refractivity contribution is 0.112. The second kappa shape index (κ2) is 5.40. The van der Waals surface area contributed by atoms with Crippen LogP contribution in [0.1, 0.15) is 17.3 Å². The second-order valence-corrected chi connectivity index (χ2v) is 4.65. The lowest BCUT2D eigenvalue weighted by Gasteiger charge is -2.02. The van der Waals surface area contributed by atoms with Crippen molar-refractivity contribution in [2.75, 3.05) is 6.61 Å². The van der Waals surface area contributed by atoms with Crippen molar-refractivity contribution >= 4 is 17.2 Å². The summed E-state index contributed by atoms with van der Waals surface area (Å²) in [5.41, 5.74) is 2.09. The summed E-state index contributed by atoms with van der Waals surface area (Å²) in [6, 6.07) is 11.8. The van der Waals surface area contributed by atoms with Crippen LogP contribution < -0.4 is 4.74 Å². The van der Waals surface area contributed by atoms with Gasteiger partial charge in [0.1, 0.15) is 11.6 Å². The average Bonchev–Trinajstić information content (AvgIpc) is 2.85. The number of aromatic amines is 1. The van der Waals surface area contributed by atoms with Crippen LogP contribution in [-0.4, -0.2) is 17.9 Å². The Morgan fingerprint density at radius 2 is 2.05 bits per heavy atom. The highest BCUT2D eigenvalue weighted by molar-refractivity contribution is 6.04. The van der Waals surface area contributed by atoms with Crippen LogP contribution in [-0.2, 0) is 0 Å². The Morgan fingerprint density at radius 3 is 2.76 bits per heavy atom. The monoisotopic (exact) mass is 283 g/mol. The molecule has 0 saturated carbocycles. The predicted octanol–water partition coefficient (Wildman–Crippen LogP) is 4.19. The van der Waals surface area contributed by atoms with E-state index in [-0.39, 0.29) is 5.82 Å². The number of aldehydes is 1. The van der Waals surface area contributed by atoms with Crippen molar-refractivity contribution in [2.24, 2.45) is 0 Å². The maximum atomic E-state index is 14.0. The first-order valence-electron chi connectivity index (χ1n) is 6.73. The Balaban J connectivity index is 2.24. The maximum Gasteiger partial charge on any atom is 0.152 e. The summed E-state index contributed by atoms with van der Waals surface area (Å²) in [4.78, 5) is 14.6. The molecule has 4 heteroatoms. The van der Waals surface area contributed by atoms with Crippen LogP contribution in [0.25, 0.3) is 22.2 Å². The molecule has 0 bridgehead atoms. The van der Waals surface area contributed by atoms with Gasteiger partial charge in [-0.1, -0.05) is 12.1 Å². The number of nitrogens with one attached hydrogen (secondary N) is 1. The Hall–Kier alpha value is -2.62. The minimum Gasteiger partial charge on any atom is -0.494 e. The molecule has 0 unspecified atom stereocenters. The number of rotatable bonds is 4. The highest BCUT2D eigenvalue weighted by atomic mass is 19.1. The molecule has 106 valence electrons. The van der Waals surface area contributed by atoms with E-state index in [4.69, 9.17) is 4.74 Å². The zero-order chi connectivity index (χ0) is 14.8. The van der Waals surface area contributed by atoms with Crippen LogP contribution in [0, 0.1) is 5.82 Å². The Labute approximate surface area is 121 Å². The maximum absolute atomic E-state index is 14.0. The number of benzene rings is 2. The average molecular weight is 283 g/mol. The summed E-state index contributed by atoms with van der Waals surface area (Å²) < 4.78 is 19.4. The van der Waals surface area contributed by atoms with Crippen molar-refractivity contribution in [3.05, 3.63) is 53.8 Å². The molecule has 0 aliphatic heterocycles. The molecule has 0 radical (unpaired) electrons. The Morgan fingerprint density at radius 1 is 1.24 bits per heavy atom. The fourth-order valence-electron chi connectivity index (χ4n) is 2.45. The van der Waals surface area contributed by atoms with E-state index < -0.39 is 0 Å². The Bertz CT molecular complexity index is 808. The standard InChI is InChI=1S/C17H14FNO2/c1-2-21-11-7-8-16-13(9-11)14(10-20)17(19-16)12-5-3-4-6-15(12)18/h3-10,19H,2H2,1H3. The number of carbonyl (C=O) groups is 1. The van der Waals surface area contributed by atoms with Gasteiger partial charge in [-0.3, -0.25) is 4.79 Å². The van der Waals surface area contributed by atoms with E-state index in [9.17, 15) is 9.18 Å². The van der Waals surface area contributed by atoms with Crippen LogP contribution in [0.2, 0.25) is 0 Å². The summed E-state index contributed by atoms with van der Waals surface area (Å²) in [7, 11) is 0. The number of hydrogen-bond donors (Lipinski definition) is 1. The molecule has 0 spiro atoms. The molecule has 0 amide bonds. The highest BCUT2D eigenvalue weighted by Gasteiger charge is 2.15. The summed E-state index contributed by atoms with van der Waals surface area (Å²) in [5.74, 6) is 0.323. The van der Waals surface area contributed by atoms with Gasteiger partial charge >= 0.3 is 0 Å². The van der Waals surface area contributed by atoms with Gasteiger partial charge in [-0.25, -0.2) is 4.39 Å². The van der Waals surface area contributed by atoms with E-state index in [1.807, 2.05) is 19.1 Å². The third-order valence-corrected chi connectivity index (χ3v) is 3.38. The second-order valence-electron chi connectivity index (χ2n) is 4.65. The molecule has 0 saturated heterocycles. The van der Waals surface area contributed by atoms with E-state index in [1.54, 1.807) is 24.3 Å². The van der Waals surface area contributed by atoms with Crippen LogP contribution in [0.3, 0.4) is 0 Å². The van der Waals surface area contributed by atoms with Gasteiger partial charge in [-0.05, 0) is 37.3 Å². The van der Waals surface area contributed by atoms with Gasteiger partial charge < -0.3 is 9.72 Å². The number of hydrogen-bond acceptors (Lipinski definition) is 2. The van der Waals surface area contributed by atoms with E-state index in [1.165, 1.54) is 6.07 Å². The normalized spacial score (nSPS) is 10.8. The van der Waals surface area contributed by atoms with Gasteiger partial charge in [0.25, 0.3) is 0 Å². The molecule has 21 heavy (non-hydrogen) atoms. The molecule has 3 nitrogen and oxygen atoms in total. The molecule has 2 aromatic carbocycles. The summed E-state index contributed by atoms with van der Waals surface area (Å²) in [6.07, 6.45) is 0.746. The van der Waals surface area contributed by atoms with Gasteiger partial charge in [0.05, 0.1) is 12.3 Å². The fraction of sp³-hybridized carbons (Fsp3) is 0.118. The van der Waals surface area contributed by atoms with Gasteiger partial charge in [0.2, 0.25) is 0 Å². The zero-order valence-corrected chi connectivity index (χ0v) is 11.5. The smallest absolute Gasteiger partial charge is 0.152 e. The zero-order valence-electron chi connectivity index (χ0n) is 11.5. The van der Waals surface area contributed by atoms with E-state index in [0.29, 0.717) is 29.2 Å². The lowest BCUT2D eigenvalue weighted by Crippen LogP contribution is -1.91. The number of carbonyl (C=O) groups excluding carboxylic acids is 1. The van der Waals surface area contributed by atoms with Crippen LogP contribution in [0.15, 0.2) is 42.5 Å². The highest BCUT2D eigenvalue weighted by Crippen LogP contribution is 2.32. The topological polar surface area (TPSA) is 42.1 Å². The molecule has 1 aromatic heterocycles. The quantitative estimate of drug-likeness (QED) is 0.730. The van der Waals surface area contributed by atoms with E-state index in [2.05, 4.69) is 4.98 Å². The van der Waals surface area contributed by atoms with Crippen LogP contribution in [0.4, 0.5) is 4.39 Å². The number of H-pyrrole nitrogens is 1. The number of ether oxygens (including phenoxy) is 1. The largest absolute Gasteiger partial charge is 0.494 e. The van der Waals surface area contributed by atoms with Gasteiger partial charge in [-0.15, -0.1) is 0 Å². The van der Waals surface area contributed by atoms with Crippen LogP contribution in [0.5, 0.6) is 5.75 Å². The molecule has 1 N–H and O–H groups in total. The van der Waals surface area contributed by atoms with E-state index in [0.717, 1.165) is 17.2 Å². The van der Waals surface area contributed by atoms with Crippen LogP contribution >= 0.6 is 0 Å². The first-order chi connectivity index (χ1) is 10.2. The van der Waals surface area contributed by atoms with Crippen molar-refractivity contribution in [1.29, 1.82) is 0 Å². The van der Waals surface area contributed by atoms with Gasteiger partial charge in [0.15, 0.2) is 6.29 Å². The Kier molecular flexibility index (Phi) is 3.44. The molecule has 0 fully saturated rings. The van der Waals surface area contributed by atoms with Crippen molar-refractivity contribution in [3.8, 4) is 17.0 Å². The summed E-state index contributed by atoms with van der Waals surface area (Å²) in [5, 5.41) is 0.731. The fourth-order valence-corrected chi connectivity index (χ4v) is 2.45.